The van der Waals surface area contributed by atoms with Crippen LogP contribution < -0.4 is 5.43 Å². The van der Waals surface area contributed by atoms with Crippen molar-refractivity contribution in [3.63, 3.8) is 0 Å². The van der Waals surface area contributed by atoms with Crippen molar-refractivity contribution < 1.29 is 4.42 Å². The summed E-state index contributed by atoms with van der Waals surface area (Å²) in [5.41, 5.74) is 5.01. The zero-order valence-electron chi connectivity index (χ0n) is 12.1. The first-order valence-electron chi connectivity index (χ1n) is 7.16. The third-order valence-corrected chi connectivity index (χ3v) is 4.21. The van der Waals surface area contributed by atoms with E-state index in [-0.39, 0.29) is 0 Å². The van der Waals surface area contributed by atoms with Crippen molar-refractivity contribution in [1.82, 2.24) is 4.98 Å². The summed E-state index contributed by atoms with van der Waals surface area (Å²) in [5.74, 6) is 0.698. The van der Waals surface area contributed by atoms with Gasteiger partial charge in [0, 0.05) is 10.9 Å². The number of anilines is 1. The molecule has 4 nitrogen and oxygen atoms in total. The second kappa shape index (κ2) is 6.06. The van der Waals surface area contributed by atoms with Crippen molar-refractivity contribution in [3.8, 4) is 11.3 Å². The number of rotatable bonds is 4. The molecule has 0 aliphatic heterocycles. The molecule has 5 heteroatoms. The molecule has 2 aromatic carbocycles. The molecule has 0 atom stereocenters. The van der Waals surface area contributed by atoms with Gasteiger partial charge in [0.25, 0.3) is 0 Å². The summed E-state index contributed by atoms with van der Waals surface area (Å²) in [6.07, 6.45) is 3.24. The zero-order chi connectivity index (χ0) is 15.5. The van der Waals surface area contributed by atoms with E-state index in [1.54, 1.807) is 12.5 Å². The maximum atomic E-state index is 5.19. The third kappa shape index (κ3) is 2.86. The van der Waals surface area contributed by atoms with Crippen molar-refractivity contribution in [3.05, 3.63) is 72.0 Å². The lowest BCUT2D eigenvalue weighted by molar-refractivity contribution is 0.560. The highest BCUT2D eigenvalue weighted by Gasteiger charge is 2.07. The lowest BCUT2D eigenvalue weighted by atomic mass is 10.0. The molecule has 23 heavy (non-hydrogen) atoms. The van der Waals surface area contributed by atoms with E-state index in [0.717, 1.165) is 16.4 Å². The average Bonchev–Trinajstić information content (AvgIpc) is 3.26. The summed E-state index contributed by atoms with van der Waals surface area (Å²) in [4.78, 5) is 4.61. The smallest absolute Gasteiger partial charge is 0.203 e. The Morgan fingerprint density at radius 3 is 2.87 bits per heavy atom. The van der Waals surface area contributed by atoms with Crippen LogP contribution in [0.15, 0.2) is 75.8 Å². The minimum atomic E-state index is 0.698. The Labute approximate surface area is 137 Å². The van der Waals surface area contributed by atoms with Gasteiger partial charge in [0.05, 0.1) is 18.2 Å². The molecule has 0 saturated carbocycles. The Bertz CT molecular complexity index is 952. The standard InChI is InChI=1S/C18H13N3OS/c1-2-8-15-13(5-1)6-3-9-16(15)17-12-23-18(20-17)21-19-11-14-7-4-10-22-14/h1-12H,(H,20,21)/b19-11+. The van der Waals surface area contributed by atoms with Crippen LogP contribution in [0.5, 0.6) is 0 Å². The molecular formula is C18H13N3OS. The highest BCUT2D eigenvalue weighted by molar-refractivity contribution is 7.14. The zero-order valence-corrected chi connectivity index (χ0v) is 13.0. The molecule has 2 aromatic heterocycles. The number of hydrogen-bond donors (Lipinski definition) is 1. The quantitative estimate of drug-likeness (QED) is 0.425. The topological polar surface area (TPSA) is 50.4 Å². The van der Waals surface area contributed by atoms with Gasteiger partial charge in [-0.05, 0) is 22.9 Å². The average molecular weight is 319 g/mol. The van der Waals surface area contributed by atoms with Gasteiger partial charge in [-0.15, -0.1) is 11.3 Å². The molecule has 4 aromatic rings. The molecule has 0 amide bonds. The predicted molar refractivity (Wildman–Crippen MR) is 95.0 cm³/mol. The van der Waals surface area contributed by atoms with E-state index in [0.29, 0.717) is 5.76 Å². The number of aromatic nitrogens is 1. The van der Waals surface area contributed by atoms with Gasteiger partial charge < -0.3 is 4.42 Å². The first-order chi connectivity index (χ1) is 11.4. The van der Waals surface area contributed by atoms with Crippen LogP contribution in [0.25, 0.3) is 22.0 Å². The SMILES string of the molecule is C(=N\Nc1nc(-c2cccc3ccccc23)cs1)/c1ccco1. The van der Waals surface area contributed by atoms with Gasteiger partial charge in [0.15, 0.2) is 0 Å². The van der Waals surface area contributed by atoms with Crippen molar-refractivity contribution in [2.45, 2.75) is 0 Å². The van der Waals surface area contributed by atoms with Gasteiger partial charge in [-0.3, -0.25) is 5.43 Å². The first kappa shape index (κ1) is 13.7. The number of fused-ring (bicyclic) bond motifs is 1. The second-order valence-electron chi connectivity index (χ2n) is 4.95. The van der Waals surface area contributed by atoms with E-state index >= 15 is 0 Å². The van der Waals surface area contributed by atoms with Crippen molar-refractivity contribution in [2.75, 3.05) is 5.43 Å². The molecule has 4 rings (SSSR count). The summed E-state index contributed by atoms with van der Waals surface area (Å²) in [5, 5.41) is 9.32. The van der Waals surface area contributed by atoms with Crippen LogP contribution in [-0.2, 0) is 0 Å². The lowest BCUT2D eigenvalue weighted by Crippen LogP contribution is -1.89. The van der Waals surface area contributed by atoms with Crippen LogP contribution in [0.2, 0.25) is 0 Å². The number of thiazole rings is 1. The first-order valence-corrected chi connectivity index (χ1v) is 8.04. The normalized spacial score (nSPS) is 11.3. The largest absolute Gasteiger partial charge is 0.463 e. The minimum Gasteiger partial charge on any atom is -0.463 e. The summed E-state index contributed by atoms with van der Waals surface area (Å²) in [6.45, 7) is 0. The summed E-state index contributed by atoms with van der Waals surface area (Å²) in [6, 6.07) is 18.2. The molecule has 0 aliphatic carbocycles. The maximum absolute atomic E-state index is 5.19. The van der Waals surface area contributed by atoms with Crippen LogP contribution in [0.1, 0.15) is 5.76 Å². The fourth-order valence-electron chi connectivity index (χ4n) is 2.41. The Morgan fingerprint density at radius 2 is 1.96 bits per heavy atom. The van der Waals surface area contributed by atoms with Crippen molar-refractivity contribution >= 4 is 33.5 Å². The molecule has 0 aliphatic rings. The van der Waals surface area contributed by atoms with Gasteiger partial charge >= 0.3 is 0 Å². The number of benzene rings is 2. The Hall–Kier alpha value is -2.92. The minimum absolute atomic E-state index is 0.698. The van der Waals surface area contributed by atoms with E-state index in [2.05, 4.69) is 45.8 Å². The highest BCUT2D eigenvalue weighted by Crippen LogP contribution is 2.30. The van der Waals surface area contributed by atoms with Crippen LogP contribution in [-0.4, -0.2) is 11.2 Å². The number of hydrogen-bond acceptors (Lipinski definition) is 5. The van der Waals surface area contributed by atoms with Gasteiger partial charge in [-0.2, -0.15) is 5.10 Å². The van der Waals surface area contributed by atoms with Crippen LogP contribution in [0.4, 0.5) is 5.13 Å². The maximum Gasteiger partial charge on any atom is 0.203 e. The molecule has 0 unspecified atom stereocenters. The van der Waals surface area contributed by atoms with E-state index in [1.807, 2.05) is 29.6 Å². The number of hydrazone groups is 1. The van der Waals surface area contributed by atoms with Crippen LogP contribution in [0.3, 0.4) is 0 Å². The van der Waals surface area contributed by atoms with E-state index < -0.39 is 0 Å². The Morgan fingerprint density at radius 1 is 1.04 bits per heavy atom. The number of nitrogens with zero attached hydrogens (tertiary/aromatic N) is 2. The monoisotopic (exact) mass is 319 g/mol. The van der Waals surface area contributed by atoms with Crippen molar-refractivity contribution in [2.24, 2.45) is 5.10 Å². The van der Waals surface area contributed by atoms with Crippen molar-refractivity contribution in [1.29, 1.82) is 0 Å². The summed E-state index contributed by atoms with van der Waals surface area (Å²) in [7, 11) is 0. The molecule has 112 valence electrons. The molecule has 0 saturated heterocycles. The molecule has 0 radical (unpaired) electrons. The lowest BCUT2D eigenvalue weighted by Gasteiger charge is -2.03. The molecule has 0 spiro atoms. The fourth-order valence-corrected chi connectivity index (χ4v) is 3.07. The third-order valence-electron chi connectivity index (χ3n) is 3.46. The molecular weight excluding hydrogens is 306 g/mol. The molecule has 1 N–H and O–H groups in total. The van der Waals surface area contributed by atoms with Gasteiger partial charge in [-0.25, -0.2) is 4.98 Å². The number of furan rings is 1. The van der Waals surface area contributed by atoms with Crippen LogP contribution >= 0.6 is 11.3 Å². The van der Waals surface area contributed by atoms with E-state index in [1.165, 1.54) is 22.1 Å². The Balaban J connectivity index is 1.60. The molecule has 0 fully saturated rings. The van der Waals surface area contributed by atoms with Gasteiger partial charge in [0.1, 0.15) is 5.76 Å². The highest BCUT2D eigenvalue weighted by atomic mass is 32.1. The van der Waals surface area contributed by atoms with E-state index in [4.69, 9.17) is 4.42 Å². The predicted octanol–water partition coefficient (Wildman–Crippen LogP) is 5.00. The van der Waals surface area contributed by atoms with Gasteiger partial charge in [-0.1, -0.05) is 42.5 Å². The van der Waals surface area contributed by atoms with E-state index in [9.17, 15) is 0 Å². The number of nitrogens with one attached hydrogen (secondary N) is 1. The molecule has 0 bridgehead atoms. The summed E-state index contributed by atoms with van der Waals surface area (Å²) >= 11 is 1.52. The summed E-state index contributed by atoms with van der Waals surface area (Å²) < 4.78 is 5.19. The second-order valence-corrected chi connectivity index (χ2v) is 5.81. The fraction of sp³-hybridized carbons (Fsp3) is 0. The Kier molecular flexibility index (Phi) is 3.62. The molecule has 2 heterocycles. The van der Waals surface area contributed by atoms with Crippen LogP contribution in [0, 0.1) is 0 Å². The van der Waals surface area contributed by atoms with Gasteiger partial charge in [0.2, 0.25) is 5.13 Å².